The molecule has 0 aromatic carbocycles. The van der Waals surface area contributed by atoms with Gasteiger partial charge < -0.3 is 11.5 Å². The Morgan fingerprint density at radius 2 is 1.87 bits per heavy atom. The summed E-state index contributed by atoms with van der Waals surface area (Å²) in [6.45, 7) is 6.59. The van der Waals surface area contributed by atoms with Gasteiger partial charge in [0.05, 0.1) is 0 Å². The van der Waals surface area contributed by atoms with Crippen molar-refractivity contribution in [1.82, 2.24) is 0 Å². The first-order chi connectivity index (χ1) is 6.95. The van der Waals surface area contributed by atoms with Crippen molar-refractivity contribution < 1.29 is 4.79 Å². The maximum Gasteiger partial charge on any atom is 0.243 e. The fraction of sp³-hybridized carbons (Fsp3) is 0.750. The third kappa shape index (κ3) is 8.03. The third-order valence-corrected chi connectivity index (χ3v) is 2.58. The molecule has 3 nitrogen and oxygen atoms in total. The van der Waals surface area contributed by atoms with E-state index in [0.717, 1.165) is 18.8 Å². The molecule has 0 radical (unpaired) electrons. The minimum Gasteiger partial charge on any atom is -0.402 e. The second-order valence-corrected chi connectivity index (χ2v) is 4.57. The average Bonchev–Trinajstić information content (AvgIpc) is 2.10. The monoisotopic (exact) mass is 212 g/mol. The molecule has 0 bridgehead atoms. The molecular weight excluding hydrogens is 188 g/mol. The number of allylic oxidation sites excluding steroid dienone is 1. The van der Waals surface area contributed by atoms with Crippen LogP contribution in [-0.4, -0.2) is 5.91 Å². The molecule has 0 saturated carbocycles. The van der Waals surface area contributed by atoms with Crippen LogP contribution in [0.5, 0.6) is 0 Å². The normalized spacial score (nSPS) is 14.3. The molecule has 3 heteroatoms. The summed E-state index contributed by atoms with van der Waals surface area (Å²) in [5.74, 6) is 0.842. The summed E-state index contributed by atoms with van der Waals surface area (Å²) in [5.41, 5.74) is 11.4. The molecule has 0 aliphatic rings. The Labute approximate surface area is 92.9 Å². The molecule has 0 aromatic heterocycles. The summed E-state index contributed by atoms with van der Waals surface area (Å²) in [5, 5.41) is 0. The van der Waals surface area contributed by atoms with Crippen molar-refractivity contribution in [3.63, 3.8) is 0 Å². The van der Waals surface area contributed by atoms with Gasteiger partial charge in [0.2, 0.25) is 5.91 Å². The first-order valence-electron chi connectivity index (χ1n) is 5.71. The molecule has 0 fully saturated rings. The molecular formula is C12H24N2O. The molecule has 0 aromatic rings. The van der Waals surface area contributed by atoms with Crippen LogP contribution in [-0.2, 0) is 4.79 Å². The molecule has 0 aliphatic heterocycles. The second-order valence-electron chi connectivity index (χ2n) is 4.57. The Kier molecular flexibility index (Phi) is 6.84. The van der Waals surface area contributed by atoms with Gasteiger partial charge in [0.1, 0.15) is 0 Å². The van der Waals surface area contributed by atoms with E-state index < -0.39 is 5.91 Å². The van der Waals surface area contributed by atoms with E-state index in [1.807, 2.05) is 0 Å². The molecule has 4 N–H and O–H groups in total. The van der Waals surface area contributed by atoms with E-state index in [4.69, 9.17) is 11.5 Å². The predicted octanol–water partition coefficient (Wildman–Crippen LogP) is 2.17. The average molecular weight is 212 g/mol. The summed E-state index contributed by atoms with van der Waals surface area (Å²) in [6, 6.07) is 0. The SMILES string of the molecule is CCC(CCC(C)C)CC(N)=CC(N)=O. The summed E-state index contributed by atoms with van der Waals surface area (Å²) < 4.78 is 0. The van der Waals surface area contributed by atoms with Crippen LogP contribution in [0.25, 0.3) is 0 Å². The standard InChI is InChI=1S/C12H24N2O/c1-4-10(6-5-9(2)3)7-11(13)8-12(14)15/h8-10H,4-7,13H2,1-3H3,(H2,14,15). The minimum atomic E-state index is -0.453. The van der Waals surface area contributed by atoms with Gasteiger partial charge in [0.25, 0.3) is 0 Å². The predicted molar refractivity (Wildman–Crippen MR) is 63.9 cm³/mol. The van der Waals surface area contributed by atoms with Crippen LogP contribution >= 0.6 is 0 Å². The largest absolute Gasteiger partial charge is 0.402 e. The highest BCUT2D eigenvalue weighted by Gasteiger charge is 2.09. The zero-order valence-electron chi connectivity index (χ0n) is 10.1. The van der Waals surface area contributed by atoms with Crippen molar-refractivity contribution in [3.8, 4) is 0 Å². The van der Waals surface area contributed by atoms with Crippen LogP contribution in [0.15, 0.2) is 11.8 Å². The van der Waals surface area contributed by atoms with Gasteiger partial charge in [0.15, 0.2) is 0 Å². The van der Waals surface area contributed by atoms with E-state index >= 15 is 0 Å². The lowest BCUT2D eigenvalue weighted by Gasteiger charge is -2.15. The van der Waals surface area contributed by atoms with E-state index in [2.05, 4.69) is 20.8 Å². The van der Waals surface area contributed by atoms with Gasteiger partial charge in [-0.05, 0) is 24.7 Å². The summed E-state index contributed by atoms with van der Waals surface area (Å²) >= 11 is 0. The molecule has 1 unspecified atom stereocenters. The number of primary amides is 1. The molecule has 1 amide bonds. The van der Waals surface area contributed by atoms with E-state index in [1.165, 1.54) is 18.9 Å². The molecule has 0 heterocycles. The number of amides is 1. The number of rotatable bonds is 7. The Morgan fingerprint density at radius 1 is 1.27 bits per heavy atom. The van der Waals surface area contributed by atoms with Crippen LogP contribution in [0.2, 0.25) is 0 Å². The van der Waals surface area contributed by atoms with Gasteiger partial charge >= 0.3 is 0 Å². The van der Waals surface area contributed by atoms with E-state index in [0.29, 0.717) is 11.6 Å². The highest BCUT2D eigenvalue weighted by atomic mass is 16.1. The van der Waals surface area contributed by atoms with Crippen molar-refractivity contribution >= 4 is 5.91 Å². The van der Waals surface area contributed by atoms with Crippen LogP contribution in [0.3, 0.4) is 0 Å². The molecule has 0 rings (SSSR count). The van der Waals surface area contributed by atoms with Crippen molar-refractivity contribution in [1.29, 1.82) is 0 Å². The van der Waals surface area contributed by atoms with Gasteiger partial charge in [-0.2, -0.15) is 0 Å². The summed E-state index contributed by atoms with van der Waals surface area (Å²) in [6.07, 6.45) is 5.59. The molecule has 88 valence electrons. The fourth-order valence-electron chi connectivity index (χ4n) is 1.59. The number of nitrogens with two attached hydrogens (primary N) is 2. The number of hydrogen-bond acceptors (Lipinski definition) is 2. The molecule has 0 spiro atoms. The fourth-order valence-corrected chi connectivity index (χ4v) is 1.59. The van der Waals surface area contributed by atoms with Gasteiger partial charge in [-0.1, -0.05) is 33.6 Å². The Hall–Kier alpha value is -0.990. The highest BCUT2D eigenvalue weighted by Crippen LogP contribution is 2.20. The van der Waals surface area contributed by atoms with Crippen molar-refractivity contribution in [2.24, 2.45) is 23.3 Å². The lowest BCUT2D eigenvalue weighted by molar-refractivity contribution is -0.113. The first-order valence-corrected chi connectivity index (χ1v) is 5.71. The number of carbonyl (C=O) groups is 1. The van der Waals surface area contributed by atoms with Gasteiger partial charge in [-0.15, -0.1) is 0 Å². The van der Waals surface area contributed by atoms with Gasteiger partial charge in [-0.3, -0.25) is 4.79 Å². The van der Waals surface area contributed by atoms with Crippen molar-refractivity contribution in [3.05, 3.63) is 11.8 Å². The maximum absolute atomic E-state index is 10.6. The van der Waals surface area contributed by atoms with Crippen LogP contribution in [0.4, 0.5) is 0 Å². The number of carbonyl (C=O) groups excluding carboxylic acids is 1. The lowest BCUT2D eigenvalue weighted by atomic mass is 9.92. The highest BCUT2D eigenvalue weighted by molar-refractivity contribution is 5.86. The van der Waals surface area contributed by atoms with Gasteiger partial charge in [0, 0.05) is 11.8 Å². The Bertz CT molecular complexity index is 222. The van der Waals surface area contributed by atoms with Crippen LogP contribution in [0.1, 0.15) is 46.5 Å². The summed E-state index contributed by atoms with van der Waals surface area (Å²) in [4.78, 5) is 10.6. The topological polar surface area (TPSA) is 69.1 Å². The molecule has 15 heavy (non-hydrogen) atoms. The smallest absolute Gasteiger partial charge is 0.243 e. The molecule has 1 atom stereocenters. The van der Waals surface area contributed by atoms with Crippen molar-refractivity contribution in [2.75, 3.05) is 0 Å². The Morgan fingerprint density at radius 3 is 2.27 bits per heavy atom. The van der Waals surface area contributed by atoms with E-state index in [9.17, 15) is 4.79 Å². The van der Waals surface area contributed by atoms with Crippen LogP contribution < -0.4 is 11.5 Å². The van der Waals surface area contributed by atoms with E-state index in [1.54, 1.807) is 0 Å². The third-order valence-electron chi connectivity index (χ3n) is 2.58. The summed E-state index contributed by atoms with van der Waals surface area (Å²) in [7, 11) is 0. The van der Waals surface area contributed by atoms with E-state index in [-0.39, 0.29) is 0 Å². The second kappa shape index (κ2) is 7.32. The van der Waals surface area contributed by atoms with Gasteiger partial charge in [-0.25, -0.2) is 0 Å². The molecule has 0 saturated heterocycles. The molecule has 0 aliphatic carbocycles. The Balaban J connectivity index is 4.03. The van der Waals surface area contributed by atoms with Crippen molar-refractivity contribution in [2.45, 2.75) is 46.5 Å². The quantitative estimate of drug-likeness (QED) is 0.635. The zero-order chi connectivity index (χ0) is 11.8. The van der Waals surface area contributed by atoms with Crippen LogP contribution in [0, 0.1) is 11.8 Å². The minimum absolute atomic E-state index is 0.453. The zero-order valence-corrected chi connectivity index (χ0v) is 10.1. The maximum atomic E-state index is 10.6. The lowest BCUT2D eigenvalue weighted by Crippen LogP contribution is -2.13. The number of hydrogen-bond donors (Lipinski definition) is 2. The first kappa shape index (κ1) is 14.0.